The summed E-state index contributed by atoms with van der Waals surface area (Å²) in [6.07, 6.45) is 1.76. The van der Waals surface area contributed by atoms with Crippen LogP contribution in [0.1, 0.15) is 10.4 Å². The van der Waals surface area contributed by atoms with Crippen LogP contribution in [0.2, 0.25) is 0 Å². The first-order chi connectivity index (χ1) is 13.7. The van der Waals surface area contributed by atoms with E-state index in [0.29, 0.717) is 28.6 Å². The molecule has 0 saturated heterocycles. The maximum Gasteiger partial charge on any atom is 0.341 e. The van der Waals surface area contributed by atoms with Crippen LogP contribution in [-0.4, -0.2) is 38.5 Å². The van der Waals surface area contributed by atoms with E-state index in [2.05, 4.69) is 4.37 Å². The summed E-state index contributed by atoms with van der Waals surface area (Å²) in [4.78, 5) is 13.0. The number of ether oxygens (including phenoxy) is 5. The summed E-state index contributed by atoms with van der Waals surface area (Å²) in [5.74, 6) is 1.79. The number of hydrogen-bond donors (Lipinski definition) is 0. The van der Waals surface area contributed by atoms with Gasteiger partial charge in [0.1, 0.15) is 11.3 Å². The molecule has 0 atom stereocenters. The number of benzene rings is 2. The summed E-state index contributed by atoms with van der Waals surface area (Å²) in [6, 6.07) is 9.13. The Morgan fingerprint density at radius 2 is 1.86 bits per heavy atom. The number of fused-ring (bicyclic) bond motifs is 1. The number of carbonyl (C=O) groups excluding carboxylic acids is 1. The zero-order chi connectivity index (χ0) is 19.7. The van der Waals surface area contributed by atoms with Crippen molar-refractivity contribution in [1.29, 1.82) is 0 Å². The Labute approximate surface area is 165 Å². The van der Waals surface area contributed by atoms with Crippen molar-refractivity contribution in [3.63, 3.8) is 0 Å². The fourth-order valence-corrected chi connectivity index (χ4v) is 3.81. The lowest BCUT2D eigenvalue weighted by Gasteiger charge is -2.11. The Hall–Kier alpha value is -3.26. The van der Waals surface area contributed by atoms with Gasteiger partial charge in [0.25, 0.3) is 0 Å². The van der Waals surface area contributed by atoms with Gasteiger partial charge in [0.15, 0.2) is 11.5 Å². The molecule has 0 saturated carbocycles. The van der Waals surface area contributed by atoms with Crippen LogP contribution in [0.15, 0.2) is 36.5 Å². The monoisotopic (exact) mass is 399 g/mol. The van der Waals surface area contributed by atoms with Crippen LogP contribution >= 0.6 is 11.5 Å². The lowest BCUT2D eigenvalue weighted by atomic mass is 10.0. The van der Waals surface area contributed by atoms with Crippen LogP contribution in [-0.2, 0) is 4.74 Å². The smallest absolute Gasteiger partial charge is 0.341 e. The highest BCUT2D eigenvalue weighted by atomic mass is 32.1. The Kier molecular flexibility index (Phi) is 4.79. The van der Waals surface area contributed by atoms with Crippen molar-refractivity contribution in [1.82, 2.24) is 4.37 Å². The maximum atomic E-state index is 12.1. The lowest BCUT2D eigenvalue weighted by Crippen LogP contribution is -2.04. The normalized spacial score (nSPS) is 12.0. The van der Waals surface area contributed by atoms with Crippen molar-refractivity contribution in [3.8, 4) is 44.6 Å². The van der Waals surface area contributed by atoms with Crippen molar-refractivity contribution in [2.45, 2.75) is 0 Å². The van der Waals surface area contributed by atoms with Crippen molar-refractivity contribution in [2.24, 2.45) is 0 Å². The third-order valence-corrected chi connectivity index (χ3v) is 5.26. The molecule has 1 aromatic heterocycles. The minimum Gasteiger partial charge on any atom is -0.496 e. The second-order valence-electron chi connectivity index (χ2n) is 5.89. The van der Waals surface area contributed by atoms with Gasteiger partial charge in [0.2, 0.25) is 12.5 Å². The van der Waals surface area contributed by atoms with Gasteiger partial charge < -0.3 is 23.7 Å². The van der Waals surface area contributed by atoms with Crippen LogP contribution in [0.5, 0.6) is 23.0 Å². The zero-order valence-corrected chi connectivity index (χ0v) is 16.3. The second-order valence-corrected chi connectivity index (χ2v) is 6.69. The summed E-state index contributed by atoms with van der Waals surface area (Å²) in [7, 11) is 4.43. The highest BCUT2D eigenvalue weighted by molar-refractivity contribution is 7.10. The van der Waals surface area contributed by atoms with E-state index in [-0.39, 0.29) is 6.79 Å². The molecule has 8 heteroatoms. The Balaban J connectivity index is 1.82. The van der Waals surface area contributed by atoms with E-state index < -0.39 is 5.97 Å². The first kappa shape index (κ1) is 18.1. The predicted octanol–water partition coefficient (Wildman–Crippen LogP) is 4.01. The first-order valence-electron chi connectivity index (χ1n) is 8.35. The molecule has 1 aliphatic heterocycles. The van der Waals surface area contributed by atoms with E-state index >= 15 is 0 Å². The van der Waals surface area contributed by atoms with Gasteiger partial charge in [-0.05, 0) is 41.4 Å². The summed E-state index contributed by atoms with van der Waals surface area (Å²) >= 11 is 1.34. The minimum atomic E-state index is -0.465. The van der Waals surface area contributed by atoms with Crippen molar-refractivity contribution in [3.05, 3.63) is 42.1 Å². The summed E-state index contributed by atoms with van der Waals surface area (Å²) in [6.45, 7) is 0.158. The second kappa shape index (κ2) is 7.40. The van der Waals surface area contributed by atoms with Crippen LogP contribution in [0, 0.1) is 0 Å². The topological polar surface area (TPSA) is 76.1 Å². The number of nitrogens with zero attached hydrogens (tertiary/aromatic N) is 1. The SMILES string of the molecule is COC(=O)c1cc(-c2cnsc2-c2cc(OC)c3c(c2)OCO3)ccc1OC. The molecule has 4 rings (SSSR count). The third kappa shape index (κ3) is 3.01. The van der Waals surface area contributed by atoms with Crippen molar-refractivity contribution < 1.29 is 28.5 Å². The molecule has 7 nitrogen and oxygen atoms in total. The average molecular weight is 399 g/mol. The van der Waals surface area contributed by atoms with Crippen LogP contribution < -0.4 is 18.9 Å². The minimum absolute atomic E-state index is 0.158. The van der Waals surface area contributed by atoms with Gasteiger partial charge in [-0.25, -0.2) is 4.79 Å². The molecule has 0 N–H and O–H groups in total. The van der Waals surface area contributed by atoms with Crippen LogP contribution in [0.25, 0.3) is 21.6 Å². The molecule has 0 fully saturated rings. The number of aromatic nitrogens is 1. The quantitative estimate of drug-likeness (QED) is 0.600. The molecule has 0 spiro atoms. The van der Waals surface area contributed by atoms with Gasteiger partial charge >= 0.3 is 5.97 Å². The van der Waals surface area contributed by atoms with E-state index in [9.17, 15) is 4.79 Å². The van der Waals surface area contributed by atoms with Crippen molar-refractivity contribution in [2.75, 3.05) is 28.1 Å². The lowest BCUT2D eigenvalue weighted by molar-refractivity contribution is 0.0597. The highest BCUT2D eigenvalue weighted by Crippen LogP contribution is 2.46. The van der Waals surface area contributed by atoms with Crippen LogP contribution in [0.4, 0.5) is 0 Å². The zero-order valence-electron chi connectivity index (χ0n) is 15.5. The number of rotatable bonds is 5. The molecule has 28 heavy (non-hydrogen) atoms. The molecule has 0 bridgehead atoms. The van der Waals surface area contributed by atoms with E-state index in [1.165, 1.54) is 25.8 Å². The van der Waals surface area contributed by atoms with E-state index in [1.807, 2.05) is 18.2 Å². The Morgan fingerprint density at radius 1 is 1.04 bits per heavy atom. The molecule has 3 aromatic rings. The van der Waals surface area contributed by atoms with E-state index in [0.717, 1.165) is 21.6 Å². The molecular formula is C20H17NO6S. The fraction of sp³-hybridized carbons (Fsp3) is 0.200. The van der Waals surface area contributed by atoms with E-state index in [4.69, 9.17) is 23.7 Å². The molecule has 1 aliphatic rings. The van der Waals surface area contributed by atoms with Crippen molar-refractivity contribution >= 4 is 17.5 Å². The third-order valence-electron chi connectivity index (χ3n) is 4.41. The van der Waals surface area contributed by atoms with Gasteiger partial charge in [0, 0.05) is 17.3 Å². The maximum absolute atomic E-state index is 12.1. The predicted molar refractivity (Wildman–Crippen MR) is 104 cm³/mol. The molecule has 0 amide bonds. The van der Waals surface area contributed by atoms with Gasteiger partial charge in [-0.15, -0.1) is 0 Å². The molecule has 0 aliphatic carbocycles. The average Bonchev–Trinajstić information content (AvgIpc) is 3.41. The molecule has 144 valence electrons. The Morgan fingerprint density at radius 3 is 2.61 bits per heavy atom. The molecule has 0 radical (unpaired) electrons. The van der Waals surface area contributed by atoms with E-state index in [1.54, 1.807) is 25.4 Å². The van der Waals surface area contributed by atoms with Gasteiger partial charge in [-0.2, -0.15) is 4.37 Å². The standard InChI is InChI=1S/C20H17NO6S/c1-23-15-5-4-11(6-13(15)20(22)25-3)14-9-21-28-19(14)12-7-16(24-2)18-17(8-12)26-10-27-18/h4-9H,10H2,1-3H3. The number of methoxy groups -OCH3 is 3. The number of esters is 1. The number of hydrogen-bond acceptors (Lipinski definition) is 8. The fourth-order valence-electron chi connectivity index (χ4n) is 3.06. The van der Waals surface area contributed by atoms with Crippen LogP contribution in [0.3, 0.4) is 0 Å². The largest absolute Gasteiger partial charge is 0.496 e. The molecular weight excluding hydrogens is 382 g/mol. The molecule has 0 unspecified atom stereocenters. The highest BCUT2D eigenvalue weighted by Gasteiger charge is 2.23. The Bertz CT molecular complexity index is 1050. The van der Waals surface area contributed by atoms with Gasteiger partial charge in [-0.1, -0.05) is 6.07 Å². The van der Waals surface area contributed by atoms with Gasteiger partial charge in [-0.3, -0.25) is 0 Å². The molecule has 2 aromatic carbocycles. The first-order valence-corrected chi connectivity index (χ1v) is 9.13. The summed E-state index contributed by atoms with van der Waals surface area (Å²) in [5, 5.41) is 0. The summed E-state index contributed by atoms with van der Waals surface area (Å²) < 4.78 is 30.9. The summed E-state index contributed by atoms with van der Waals surface area (Å²) in [5.41, 5.74) is 2.93. The molecule has 2 heterocycles. The van der Waals surface area contributed by atoms with Gasteiger partial charge in [0.05, 0.1) is 26.2 Å². The number of carbonyl (C=O) groups is 1.